The first-order valence-corrected chi connectivity index (χ1v) is 12.6. The first-order valence-electron chi connectivity index (χ1n) is 12.1. The molecule has 1 aliphatic carbocycles. The number of halogens is 3. The van der Waals surface area contributed by atoms with Crippen LogP contribution in [0.25, 0.3) is 0 Å². The van der Waals surface area contributed by atoms with Crippen molar-refractivity contribution in [2.24, 2.45) is 34.3 Å². The van der Waals surface area contributed by atoms with Gasteiger partial charge in [0, 0.05) is 19.0 Å². The number of nitrogens with two attached hydrogens (primary N) is 1. The topological polar surface area (TPSA) is 134 Å². The van der Waals surface area contributed by atoms with Crippen LogP contribution in [0.15, 0.2) is 0 Å². The Balaban J connectivity index is 1.83. The number of thiol groups is 1. The van der Waals surface area contributed by atoms with Gasteiger partial charge in [-0.1, -0.05) is 34.6 Å². The van der Waals surface area contributed by atoms with E-state index >= 15 is 0 Å². The third kappa shape index (κ3) is 5.61. The van der Waals surface area contributed by atoms with Crippen LogP contribution in [-0.4, -0.2) is 71.3 Å². The Hall–Kier alpha value is -2.02. The lowest BCUT2D eigenvalue weighted by Crippen LogP contribution is -2.61. The summed E-state index contributed by atoms with van der Waals surface area (Å²) in [6, 6.07) is -3.10. The van der Waals surface area contributed by atoms with E-state index in [4.69, 9.17) is 5.73 Å². The minimum atomic E-state index is -5.15. The van der Waals surface area contributed by atoms with Crippen molar-refractivity contribution in [2.75, 3.05) is 13.1 Å². The van der Waals surface area contributed by atoms with Crippen LogP contribution in [0.3, 0.4) is 0 Å². The molecule has 0 aromatic rings. The molecule has 3 aliphatic rings. The zero-order valence-electron chi connectivity index (χ0n) is 21.1. The van der Waals surface area contributed by atoms with Crippen LogP contribution in [0.2, 0.25) is 0 Å². The van der Waals surface area contributed by atoms with E-state index in [0.717, 1.165) is 0 Å². The first-order chi connectivity index (χ1) is 16.4. The normalized spacial score (nSPS) is 29.6. The van der Waals surface area contributed by atoms with Gasteiger partial charge in [0.2, 0.25) is 17.7 Å². The lowest BCUT2D eigenvalue weighted by molar-refractivity contribution is -0.176. The summed E-state index contributed by atoms with van der Waals surface area (Å²) in [4.78, 5) is 52.1. The monoisotopic (exact) mass is 535 g/mol. The molecule has 0 unspecified atom stereocenters. The molecule has 3 rings (SSSR count). The quantitative estimate of drug-likeness (QED) is 0.243. The van der Waals surface area contributed by atoms with E-state index in [2.05, 4.69) is 23.3 Å². The van der Waals surface area contributed by atoms with Gasteiger partial charge in [-0.25, -0.2) is 0 Å². The van der Waals surface area contributed by atoms with Crippen molar-refractivity contribution < 1.29 is 32.3 Å². The van der Waals surface area contributed by atoms with Gasteiger partial charge in [-0.05, 0) is 35.5 Å². The van der Waals surface area contributed by atoms with Crippen LogP contribution in [0.4, 0.5) is 13.2 Å². The molecule has 0 spiro atoms. The number of likely N-dealkylation sites (tertiary alicyclic amines) is 1. The van der Waals surface area contributed by atoms with Gasteiger partial charge in [0.05, 0.1) is 11.4 Å². The van der Waals surface area contributed by atoms with Gasteiger partial charge in [-0.2, -0.15) is 25.8 Å². The summed E-state index contributed by atoms with van der Waals surface area (Å²) in [5.74, 6) is -4.13. The maximum absolute atomic E-state index is 13.6. The molecule has 2 saturated heterocycles. The first kappa shape index (κ1) is 28.5. The summed E-state index contributed by atoms with van der Waals surface area (Å²) in [6.45, 7) is 9.31. The number of piperidine rings is 1. The molecule has 0 aromatic carbocycles. The van der Waals surface area contributed by atoms with Gasteiger partial charge in [0.1, 0.15) is 12.1 Å². The number of carbonyl (C=O) groups is 4. The molecule has 2 aliphatic heterocycles. The van der Waals surface area contributed by atoms with Crippen molar-refractivity contribution in [1.29, 1.82) is 0 Å². The van der Waals surface area contributed by atoms with Crippen LogP contribution in [0, 0.1) is 28.6 Å². The third-order valence-corrected chi connectivity index (χ3v) is 8.21. The number of nitrogens with one attached hydrogen (secondary N) is 3. The standard InChI is InChI=1S/C23H36F3N5O4S/c1-21(2,3)15(30-20(35)23(24,25)26)19(34)31-9-11-13(22(11,4)5)14(31)18(33)29-12(16(27)36)8-10-6-7-28-17(10)32/h10-16,36H,6-9,27H2,1-5H3,(H,28,32)(H,29,33)(H,30,35)/t10-,11-,12-,13-,14-,15+,16-/m0/s1. The van der Waals surface area contributed by atoms with E-state index in [-0.39, 0.29) is 42.0 Å². The van der Waals surface area contributed by atoms with Crippen molar-refractivity contribution in [2.45, 2.75) is 77.1 Å². The SMILES string of the molecule is CC(C)(C)[C@H](NC(=O)C(F)(F)F)C(=O)N1C[C@H]2[C@@H]([C@H]1C(=O)N[C@@H](C[C@@H]1CCNC1=O)[C@@H](N)S)C2(C)C. The van der Waals surface area contributed by atoms with Crippen molar-refractivity contribution in [1.82, 2.24) is 20.9 Å². The summed E-state index contributed by atoms with van der Waals surface area (Å²) in [5.41, 5.74) is 4.69. The number of fused-ring (bicyclic) bond motifs is 1. The van der Waals surface area contributed by atoms with Gasteiger partial charge in [-0.3, -0.25) is 19.2 Å². The molecule has 13 heteroatoms. The highest BCUT2D eigenvalue weighted by Gasteiger charge is 2.70. The molecular formula is C23H36F3N5O4S. The molecule has 0 aromatic heterocycles. The number of alkyl halides is 3. The average molecular weight is 536 g/mol. The second-order valence-electron chi connectivity index (χ2n) is 11.8. The highest BCUT2D eigenvalue weighted by atomic mass is 32.1. The van der Waals surface area contributed by atoms with Crippen molar-refractivity contribution in [3.8, 4) is 0 Å². The second-order valence-corrected chi connectivity index (χ2v) is 12.4. The largest absolute Gasteiger partial charge is 0.471 e. The van der Waals surface area contributed by atoms with Crippen LogP contribution in [0.1, 0.15) is 47.5 Å². The summed E-state index contributed by atoms with van der Waals surface area (Å²) < 4.78 is 38.9. The van der Waals surface area contributed by atoms with Gasteiger partial charge < -0.3 is 26.6 Å². The molecule has 4 amide bonds. The van der Waals surface area contributed by atoms with E-state index in [1.165, 1.54) is 4.90 Å². The molecule has 3 fully saturated rings. The molecule has 7 atom stereocenters. The summed E-state index contributed by atoms with van der Waals surface area (Å²) in [7, 11) is 0. The Morgan fingerprint density at radius 3 is 2.31 bits per heavy atom. The number of rotatable bonds is 7. The predicted molar refractivity (Wildman–Crippen MR) is 128 cm³/mol. The Morgan fingerprint density at radius 2 is 1.83 bits per heavy atom. The van der Waals surface area contributed by atoms with Gasteiger partial charge in [-0.15, -0.1) is 0 Å². The van der Waals surface area contributed by atoms with E-state index in [1.54, 1.807) is 20.8 Å². The number of carbonyl (C=O) groups excluding carboxylic acids is 4. The molecule has 2 heterocycles. The molecule has 0 bridgehead atoms. The fourth-order valence-corrected chi connectivity index (χ4v) is 5.77. The van der Waals surface area contributed by atoms with Gasteiger partial charge in [0.25, 0.3) is 0 Å². The summed E-state index contributed by atoms with van der Waals surface area (Å²) >= 11 is 4.27. The number of hydrogen-bond acceptors (Lipinski definition) is 6. The molecule has 1 saturated carbocycles. The van der Waals surface area contributed by atoms with Crippen LogP contribution < -0.4 is 21.7 Å². The Labute approximate surface area is 214 Å². The molecule has 9 nitrogen and oxygen atoms in total. The zero-order valence-corrected chi connectivity index (χ0v) is 22.0. The predicted octanol–water partition coefficient (Wildman–Crippen LogP) is 0.788. The number of hydrogen-bond donors (Lipinski definition) is 5. The Kier molecular flexibility index (Phi) is 7.69. The van der Waals surface area contributed by atoms with Crippen LogP contribution in [0.5, 0.6) is 0 Å². The maximum atomic E-state index is 13.6. The maximum Gasteiger partial charge on any atom is 0.471 e. The highest BCUT2D eigenvalue weighted by molar-refractivity contribution is 7.80. The smallest absolute Gasteiger partial charge is 0.356 e. The minimum Gasteiger partial charge on any atom is -0.356 e. The van der Waals surface area contributed by atoms with Gasteiger partial charge in [0.15, 0.2) is 0 Å². The van der Waals surface area contributed by atoms with E-state index in [0.29, 0.717) is 13.0 Å². The molecular weight excluding hydrogens is 499 g/mol. The van der Waals surface area contributed by atoms with Gasteiger partial charge >= 0.3 is 12.1 Å². The van der Waals surface area contributed by atoms with Crippen molar-refractivity contribution >= 4 is 36.3 Å². The summed E-state index contributed by atoms with van der Waals surface area (Å²) in [6.07, 6.45) is -4.28. The highest BCUT2D eigenvalue weighted by Crippen LogP contribution is 2.65. The second kappa shape index (κ2) is 9.70. The fraction of sp³-hybridized carbons (Fsp3) is 0.826. The fourth-order valence-electron chi connectivity index (χ4n) is 5.57. The average Bonchev–Trinajstić information content (AvgIpc) is 3.09. The Morgan fingerprint density at radius 1 is 1.22 bits per heavy atom. The minimum absolute atomic E-state index is 0.0140. The lowest BCUT2D eigenvalue weighted by atomic mass is 9.85. The third-order valence-electron chi connectivity index (χ3n) is 7.85. The van der Waals surface area contributed by atoms with Crippen molar-refractivity contribution in [3.63, 3.8) is 0 Å². The molecule has 36 heavy (non-hydrogen) atoms. The van der Waals surface area contributed by atoms with Crippen molar-refractivity contribution in [3.05, 3.63) is 0 Å². The lowest BCUT2D eigenvalue weighted by Gasteiger charge is -2.38. The van der Waals surface area contributed by atoms with E-state index in [9.17, 15) is 32.3 Å². The van der Waals surface area contributed by atoms with E-state index in [1.807, 2.05) is 19.2 Å². The molecule has 204 valence electrons. The van der Waals surface area contributed by atoms with E-state index < -0.39 is 52.8 Å². The Bertz CT molecular complexity index is 920. The van der Waals surface area contributed by atoms with Crippen LogP contribution >= 0.6 is 12.6 Å². The molecule has 5 N–H and O–H groups in total. The summed E-state index contributed by atoms with van der Waals surface area (Å²) in [5, 5.41) is 6.64. The zero-order chi connectivity index (χ0) is 27.4. The van der Waals surface area contributed by atoms with Crippen LogP contribution in [-0.2, 0) is 19.2 Å². The number of nitrogens with zero attached hydrogens (tertiary/aromatic N) is 1. The molecule has 0 radical (unpaired) electrons. The number of amides is 4.